The van der Waals surface area contributed by atoms with Crippen LogP contribution in [0.3, 0.4) is 0 Å². The molecule has 1 unspecified atom stereocenters. The van der Waals surface area contributed by atoms with Crippen LogP contribution in [-0.2, 0) is 17.6 Å². The van der Waals surface area contributed by atoms with Crippen LogP contribution < -0.4 is 5.56 Å². The molecule has 6 rings (SSSR count). The fourth-order valence-electron chi connectivity index (χ4n) is 6.59. The average Bonchev–Trinajstić information content (AvgIpc) is 3.36. The van der Waals surface area contributed by atoms with E-state index in [1.165, 1.54) is 24.0 Å². The zero-order valence-corrected chi connectivity index (χ0v) is 18.9. The van der Waals surface area contributed by atoms with Crippen LogP contribution >= 0.6 is 0 Å². The first-order chi connectivity index (χ1) is 16.1. The van der Waals surface area contributed by atoms with E-state index >= 15 is 0 Å². The topological polar surface area (TPSA) is 64.4 Å². The van der Waals surface area contributed by atoms with E-state index in [0.29, 0.717) is 23.6 Å². The highest BCUT2D eigenvalue weighted by Crippen LogP contribution is 2.44. The molecule has 0 spiro atoms. The minimum atomic E-state index is -0.633. The molecule has 3 aliphatic rings. The summed E-state index contributed by atoms with van der Waals surface area (Å²) in [6.45, 7) is 1.96. The second-order valence-corrected chi connectivity index (χ2v) is 9.63. The summed E-state index contributed by atoms with van der Waals surface area (Å²) in [6, 6.07) is 18.0. The van der Waals surface area contributed by atoms with E-state index in [1.807, 2.05) is 28.8 Å². The standard InChI is InChI=1S/C27H29N3O3/c1-2-33-27(32)25-26(31)30(24-10-6-5-9-23(24)28-25)22-15-19-11-12-20(16-22)29(19)21-13-17-7-3-4-8-18(17)14-21/h3-10,19-22H,2,11-16H2,1H3/t19-,20+,22?. The molecule has 2 bridgehead atoms. The van der Waals surface area contributed by atoms with Crippen molar-refractivity contribution < 1.29 is 9.53 Å². The molecule has 2 aromatic carbocycles. The van der Waals surface area contributed by atoms with Crippen LogP contribution in [0, 0.1) is 0 Å². The molecule has 2 fully saturated rings. The third-order valence-electron chi connectivity index (χ3n) is 7.84. The van der Waals surface area contributed by atoms with Crippen molar-refractivity contribution in [2.24, 2.45) is 0 Å². The molecule has 3 aromatic rings. The zero-order chi connectivity index (χ0) is 22.5. The van der Waals surface area contributed by atoms with Gasteiger partial charge in [0.25, 0.3) is 5.56 Å². The molecule has 0 saturated carbocycles. The highest BCUT2D eigenvalue weighted by Gasteiger charge is 2.46. The second kappa shape index (κ2) is 8.10. The summed E-state index contributed by atoms with van der Waals surface area (Å²) >= 11 is 0. The summed E-state index contributed by atoms with van der Waals surface area (Å²) in [5, 5.41) is 0. The highest BCUT2D eigenvalue weighted by molar-refractivity contribution is 5.89. The first-order valence-electron chi connectivity index (χ1n) is 12.2. The number of rotatable bonds is 4. The van der Waals surface area contributed by atoms with Crippen LogP contribution in [0.5, 0.6) is 0 Å². The Morgan fingerprint density at radius 1 is 0.939 bits per heavy atom. The number of carbonyl (C=O) groups excluding carboxylic acids is 1. The van der Waals surface area contributed by atoms with E-state index in [4.69, 9.17) is 4.74 Å². The second-order valence-electron chi connectivity index (χ2n) is 9.63. The molecule has 3 atom stereocenters. The van der Waals surface area contributed by atoms with Gasteiger partial charge >= 0.3 is 5.97 Å². The molecule has 0 amide bonds. The molecule has 6 heteroatoms. The fourth-order valence-corrected chi connectivity index (χ4v) is 6.59. The molecule has 1 aromatic heterocycles. The van der Waals surface area contributed by atoms with Crippen molar-refractivity contribution in [1.29, 1.82) is 0 Å². The maximum absolute atomic E-state index is 13.5. The quantitative estimate of drug-likeness (QED) is 0.572. The van der Waals surface area contributed by atoms with Crippen LogP contribution in [0.15, 0.2) is 53.3 Å². The highest BCUT2D eigenvalue weighted by atomic mass is 16.5. The maximum atomic E-state index is 13.5. The Labute approximate surface area is 193 Å². The molecule has 6 nitrogen and oxygen atoms in total. The van der Waals surface area contributed by atoms with Crippen LogP contribution in [0.2, 0.25) is 0 Å². The van der Waals surface area contributed by atoms with Gasteiger partial charge in [-0.15, -0.1) is 0 Å². The maximum Gasteiger partial charge on any atom is 0.362 e. The number of piperidine rings is 1. The van der Waals surface area contributed by atoms with E-state index in [9.17, 15) is 9.59 Å². The average molecular weight is 444 g/mol. The summed E-state index contributed by atoms with van der Waals surface area (Å²) in [6.07, 6.45) is 6.46. The van der Waals surface area contributed by atoms with Crippen LogP contribution in [0.25, 0.3) is 11.0 Å². The Hall–Kier alpha value is -2.99. The third kappa shape index (κ3) is 3.39. The largest absolute Gasteiger partial charge is 0.461 e. The van der Waals surface area contributed by atoms with Gasteiger partial charge in [-0.05, 0) is 68.7 Å². The first-order valence-corrected chi connectivity index (χ1v) is 12.2. The van der Waals surface area contributed by atoms with Crippen molar-refractivity contribution in [2.75, 3.05) is 6.61 Å². The monoisotopic (exact) mass is 443 g/mol. The Bertz CT molecular complexity index is 1240. The molecule has 170 valence electrons. The number of para-hydroxylation sites is 2. The van der Waals surface area contributed by atoms with Gasteiger partial charge in [-0.3, -0.25) is 9.69 Å². The van der Waals surface area contributed by atoms with Crippen molar-refractivity contribution in [3.05, 3.63) is 75.7 Å². The number of aromatic nitrogens is 2. The third-order valence-corrected chi connectivity index (χ3v) is 7.84. The van der Waals surface area contributed by atoms with Gasteiger partial charge < -0.3 is 9.30 Å². The molecule has 1 aliphatic carbocycles. The lowest BCUT2D eigenvalue weighted by Crippen LogP contribution is -2.50. The predicted octanol–water partition coefficient (Wildman–Crippen LogP) is 3.91. The lowest BCUT2D eigenvalue weighted by atomic mass is 9.94. The van der Waals surface area contributed by atoms with E-state index in [0.717, 1.165) is 31.2 Å². The van der Waals surface area contributed by atoms with Gasteiger partial charge in [0.1, 0.15) is 0 Å². The molecule has 2 saturated heterocycles. The number of nitrogens with zero attached hydrogens (tertiary/aromatic N) is 3. The lowest BCUT2D eigenvalue weighted by molar-refractivity contribution is 0.0513. The molecule has 0 radical (unpaired) electrons. The summed E-state index contributed by atoms with van der Waals surface area (Å²) < 4.78 is 6.99. The van der Waals surface area contributed by atoms with Crippen molar-refractivity contribution in [1.82, 2.24) is 14.5 Å². The molecular formula is C27H29N3O3. The van der Waals surface area contributed by atoms with Crippen molar-refractivity contribution in [3.63, 3.8) is 0 Å². The summed E-state index contributed by atoms with van der Waals surface area (Å²) in [7, 11) is 0. The fraction of sp³-hybridized carbons (Fsp3) is 0.444. The Kier molecular flexibility index (Phi) is 5.06. The number of hydrogen-bond acceptors (Lipinski definition) is 5. The number of carbonyl (C=O) groups is 1. The van der Waals surface area contributed by atoms with Gasteiger partial charge in [0, 0.05) is 24.2 Å². The van der Waals surface area contributed by atoms with E-state index in [1.54, 1.807) is 6.92 Å². The molecule has 33 heavy (non-hydrogen) atoms. The Morgan fingerprint density at radius 2 is 1.58 bits per heavy atom. The SMILES string of the molecule is CCOC(=O)c1nc2ccccc2n(C2C[C@H]3CC[C@@H](C2)N3C2Cc3ccccc3C2)c1=O. The van der Waals surface area contributed by atoms with Gasteiger partial charge in [-0.1, -0.05) is 36.4 Å². The summed E-state index contributed by atoms with van der Waals surface area (Å²) in [4.78, 5) is 33.2. The zero-order valence-electron chi connectivity index (χ0n) is 18.9. The Balaban J connectivity index is 1.34. The van der Waals surface area contributed by atoms with Crippen LogP contribution in [0.1, 0.15) is 60.3 Å². The molecule has 0 N–H and O–H groups in total. The van der Waals surface area contributed by atoms with Gasteiger partial charge in [0.15, 0.2) is 0 Å². The molecule has 2 aliphatic heterocycles. The first kappa shape index (κ1) is 20.6. The lowest BCUT2D eigenvalue weighted by Gasteiger charge is -2.43. The normalized spacial score (nSPS) is 24.8. The number of hydrogen-bond donors (Lipinski definition) is 0. The van der Waals surface area contributed by atoms with Crippen molar-refractivity contribution in [3.8, 4) is 0 Å². The van der Waals surface area contributed by atoms with E-state index in [-0.39, 0.29) is 23.9 Å². The predicted molar refractivity (Wildman–Crippen MR) is 127 cm³/mol. The van der Waals surface area contributed by atoms with Crippen LogP contribution in [-0.4, -0.2) is 45.2 Å². The number of ether oxygens (including phenoxy) is 1. The summed E-state index contributed by atoms with van der Waals surface area (Å²) in [5.41, 5.74) is 4.02. The smallest absolute Gasteiger partial charge is 0.362 e. The van der Waals surface area contributed by atoms with Crippen molar-refractivity contribution in [2.45, 2.75) is 69.6 Å². The van der Waals surface area contributed by atoms with Gasteiger partial charge in [-0.25, -0.2) is 9.78 Å². The van der Waals surface area contributed by atoms with E-state index in [2.05, 4.69) is 34.1 Å². The minimum absolute atomic E-state index is 0.0658. The minimum Gasteiger partial charge on any atom is -0.461 e. The number of benzene rings is 2. The Morgan fingerprint density at radius 3 is 2.24 bits per heavy atom. The van der Waals surface area contributed by atoms with Gasteiger partial charge in [0.05, 0.1) is 17.6 Å². The number of fused-ring (bicyclic) bond motifs is 4. The van der Waals surface area contributed by atoms with Gasteiger partial charge in [-0.2, -0.15) is 0 Å². The van der Waals surface area contributed by atoms with E-state index < -0.39 is 5.97 Å². The number of esters is 1. The summed E-state index contributed by atoms with van der Waals surface area (Å²) in [5.74, 6) is -0.633. The van der Waals surface area contributed by atoms with Gasteiger partial charge in [0.2, 0.25) is 5.69 Å². The van der Waals surface area contributed by atoms with Crippen LogP contribution in [0.4, 0.5) is 0 Å². The molecular weight excluding hydrogens is 414 g/mol. The van der Waals surface area contributed by atoms with Crippen molar-refractivity contribution >= 4 is 17.0 Å². The molecule has 3 heterocycles.